The molecule has 5 nitrogen and oxygen atoms in total. The second-order valence-corrected chi connectivity index (χ2v) is 8.13. The van der Waals surface area contributed by atoms with E-state index in [2.05, 4.69) is 22.4 Å². The van der Waals surface area contributed by atoms with E-state index in [0.29, 0.717) is 16.6 Å². The van der Waals surface area contributed by atoms with E-state index in [1.54, 1.807) is 10.8 Å². The number of nitriles is 1. The first kappa shape index (κ1) is 23.1. The van der Waals surface area contributed by atoms with Gasteiger partial charge in [-0.3, -0.25) is 14.3 Å². The average Bonchev–Trinajstić information content (AvgIpc) is 2.84. The Morgan fingerprint density at radius 3 is 2.50 bits per heavy atom. The van der Waals surface area contributed by atoms with Gasteiger partial charge in [-0.05, 0) is 49.1 Å². The Balaban J connectivity index is 0.00000274. The molecule has 2 heterocycles. The van der Waals surface area contributed by atoms with E-state index in [-0.39, 0.29) is 25.1 Å². The summed E-state index contributed by atoms with van der Waals surface area (Å²) in [5, 5.41) is 15.7. The van der Waals surface area contributed by atoms with Crippen molar-refractivity contribution in [1.29, 1.82) is 5.26 Å². The van der Waals surface area contributed by atoms with Gasteiger partial charge < -0.3 is 5.32 Å². The highest BCUT2D eigenvalue weighted by Crippen LogP contribution is 2.30. The summed E-state index contributed by atoms with van der Waals surface area (Å²) >= 11 is 0. The second kappa shape index (κ2) is 9.42. The minimum atomic E-state index is -0.263. The second-order valence-electron chi connectivity index (χ2n) is 8.13. The van der Waals surface area contributed by atoms with Crippen LogP contribution in [-0.4, -0.2) is 9.55 Å². The molecule has 1 N–H and O–H groups in total. The standard InChI is InChI=1S/C28H22N4O.H2S/c1-18-9-8-10-20-15-25(32(28(33)26(18)20)22-11-4-3-5-12-22)19(2)31-27-21(16-29)17-30-24-14-7-6-13-23(24)27;/h3-15,17,19H,1-2H3,(H,30,31);1H2/t19-;/m0./s1. The number of rotatable bonds is 4. The van der Waals surface area contributed by atoms with E-state index in [9.17, 15) is 10.1 Å². The summed E-state index contributed by atoms with van der Waals surface area (Å²) in [6, 6.07) is 27.3. The van der Waals surface area contributed by atoms with Gasteiger partial charge in [-0.2, -0.15) is 18.8 Å². The van der Waals surface area contributed by atoms with Crippen molar-refractivity contribution in [2.45, 2.75) is 19.9 Å². The van der Waals surface area contributed by atoms with Crippen molar-refractivity contribution >= 4 is 40.9 Å². The maximum atomic E-state index is 13.7. The molecule has 168 valence electrons. The number of nitrogens with one attached hydrogen (secondary N) is 1. The summed E-state index contributed by atoms with van der Waals surface area (Å²) in [6.45, 7) is 3.97. The summed E-state index contributed by atoms with van der Waals surface area (Å²) in [5.74, 6) is 0. The van der Waals surface area contributed by atoms with Gasteiger partial charge in [-0.15, -0.1) is 0 Å². The summed E-state index contributed by atoms with van der Waals surface area (Å²) in [6.07, 6.45) is 1.59. The lowest BCUT2D eigenvalue weighted by molar-refractivity contribution is 0.778. The predicted octanol–water partition coefficient (Wildman–Crippen LogP) is 6.00. The van der Waals surface area contributed by atoms with Crippen LogP contribution in [0.5, 0.6) is 0 Å². The summed E-state index contributed by atoms with van der Waals surface area (Å²) < 4.78 is 1.77. The molecule has 0 aliphatic heterocycles. The summed E-state index contributed by atoms with van der Waals surface area (Å²) in [4.78, 5) is 18.1. The van der Waals surface area contributed by atoms with E-state index < -0.39 is 0 Å². The molecule has 5 rings (SSSR count). The van der Waals surface area contributed by atoms with Gasteiger partial charge in [0.05, 0.1) is 28.2 Å². The van der Waals surface area contributed by atoms with Crippen molar-refractivity contribution < 1.29 is 0 Å². The van der Waals surface area contributed by atoms with Gasteiger partial charge in [0.15, 0.2) is 0 Å². The molecule has 34 heavy (non-hydrogen) atoms. The van der Waals surface area contributed by atoms with Crippen molar-refractivity contribution in [3.63, 3.8) is 0 Å². The number of nitrogens with zero attached hydrogens (tertiary/aromatic N) is 3. The van der Waals surface area contributed by atoms with E-state index in [0.717, 1.165) is 33.2 Å². The molecule has 0 saturated heterocycles. The number of hydrogen-bond acceptors (Lipinski definition) is 4. The molecule has 5 aromatic rings. The fourth-order valence-electron chi connectivity index (χ4n) is 4.39. The van der Waals surface area contributed by atoms with E-state index >= 15 is 0 Å². The van der Waals surface area contributed by atoms with Crippen LogP contribution < -0.4 is 10.9 Å². The molecule has 0 amide bonds. The van der Waals surface area contributed by atoms with Crippen LogP contribution in [0.4, 0.5) is 5.69 Å². The van der Waals surface area contributed by atoms with Crippen LogP contribution >= 0.6 is 13.5 Å². The van der Waals surface area contributed by atoms with Crippen LogP contribution in [0.3, 0.4) is 0 Å². The van der Waals surface area contributed by atoms with E-state index in [1.807, 2.05) is 86.6 Å². The maximum Gasteiger partial charge on any atom is 0.263 e. The maximum absolute atomic E-state index is 13.7. The highest BCUT2D eigenvalue weighted by molar-refractivity contribution is 7.59. The smallest absolute Gasteiger partial charge is 0.263 e. The number of benzene rings is 3. The van der Waals surface area contributed by atoms with Gasteiger partial charge in [0.1, 0.15) is 6.07 Å². The van der Waals surface area contributed by atoms with Crippen LogP contribution in [0, 0.1) is 18.3 Å². The van der Waals surface area contributed by atoms with Crippen molar-refractivity contribution in [2.24, 2.45) is 0 Å². The highest BCUT2D eigenvalue weighted by Gasteiger charge is 2.19. The Bertz CT molecular complexity index is 1600. The molecule has 0 fully saturated rings. The molecular formula is C28H24N4OS. The van der Waals surface area contributed by atoms with Crippen molar-refractivity contribution in [3.05, 3.63) is 112 Å². The van der Waals surface area contributed by atoms with Crippen LogP contribution in [0.15, 0.2) is 89.9 Å². The van der Waals surface area contributed by atoms with Crippen molar-refractivity contribution in [2.75, 3.05) is 5.32 Å². The Morgan fingerprint density at radius 2 is 1.74 bits per heavy atom. The van der Waals surface area contributed by atoms with E-state index in [4.69, 9.17) is 0 Å². The molecule has 0 aliphatic rings. The Hall–Kier alpha value is -4.08. The minimum Gasteiger partial charge on any atom is -0.375 e. The number of pyridine rings is 2. The summed E-state index contributed by atoms with van der Waals surface area (Å²) in [7, 11) is 0. The molecule has 1 atom stereocenters. The number of fused-ring (bicyclic) bond motifs is 2. The van der Waals surface area contributed by atoms with Crippen molar-refractivity contribution in [1.82, 2.24) is 9.55 Å². The molecule has 6 heteroatoms. The first-order valence-electron chi connectivity index (χ1n) is 10.8. The fourth-order valence-corrected chi connectivity index (χ4v) is 4.39. The van der Waals surface area contributed by atoms with Crippen molar-refractivity contribution in [3.8, 4) is 11.8 Å². The fraction of sp³-hybridized carbons (Fsp3) is 0.107. The first-order chi connectivity index (χ1) is 16.1. The quantitative estimate of drug-likeness (QED) is 0.354. The van der Waals surface area contributed by atoms with Gasteiger partial charge in [-0.1, -0.05) is 54.6 Å². The monoisotopic (exact) mass is 464 g/mol. The third-order valence-corrected chi connectivity index (χ3v) is 6.00. The lowest BCUT2D eigenvalue weighted by Crippen LogP contribution is -2.26. The number of aromatic nitrogens is 2. The zero-order valence-corrected chi connectivity index (χ0v) is 19.9. The van der Waals surface area contributed by atoms with Gasteiger partial charge in [0.25, 0.3) is 5.56 Å². The molecule has 3 aromatic carbocycles. The molecule has 0 bridgehead atoms. The molecule has 0 unspecified atom stereocenters. The topological polar surface area (TPSA) is 70.7 Å². The third kappa shape index (κ3) is 3.91. The number of anilines is 1. The lowest BCUT2D eigenvalue weighted by Gasteiger charge is -2.23. The number of aryl methyl sites for hydroxylation is 1. The van der Waals surface area contributed by atoms with Crippen LogP contribution in [0.2, 0.25) is 0 Å². The Labute approximate surface area is 204 Å². The first-order valence-corrected chi connectivity index (χ1v) is 10.8. The van der Waals surface area contributed by atoms with Crippen LogP contribution in [0.1, 0.15) is 29.8 Å². The molecule has 0 aliphatic carbocycles. The average molecular weight is 465 g/mol. The Morgan fingerprint density at radius 1 is 1.00 bits per heavy atom. The van der Waals surface area contributed by atoms with Gasteiger partial charge in [0.2, 0.25) is 0 Å². The van der Waals surface area contributed by atoms with Crippen LogP contribution in [-0.2, 0) is 0 Å². The molecular weight excluding hydrogens is 440 g/mol. The number of para-hydroxylation sites is 2. The third-order valence-electron chi connectivity index (χ3n) is 6.00. The minimum absolute atomic E-state index is 0. The normalized spacial score (nSPS) is 11.6. The molecule has 0 spiro atoms. The zero-order chi connectivity index (χ0) is 22.9. The predicted molar refractivity (Wildman–Crippen MR) is 143 cm³/mol. The summed E-state index contributed by atoms with van der Waals surface area (Å²) in [5.41, 5.74) is 4.49. The zero-order valence-electron chi connectivity index (χ0n) is 18.9. The van der Waals surface area contributed by atoms with E-state index in [1.165, 1.54) is 0 Å². The lowest BCUT2D eigenvalue weighted by atomic mass is 10.0. The van der Waals surface area contributed by atoms with Gasteiger partial charge in [0, 0.05) is 23.0 Å². The highest BCUT2D eigenvalue weighted by atomic mass is 32.1. The Kier molecular flexibility index (Phi) is 6.40. The molecule has 0 radical (unpaired) electrons. The van der Waals surface area contributed by atoms with Gasteiger partial charge in [-0.25, -0.2) is 0 Å². The molecule has 2 aromatic heterocycles. The largest absolute Gasteiger partial charge is 0.375 e. The SMILES string of the molecule is Cc1cccc2cc([C@H](C)Nc3c(C#N)cnc4ccccc34)n(-c3ccccc3)c(=O)c12.S. The molecule has 0 saturated carbocycles. The number of hydrogen-bond donors (Lipinski definition) is 1. The van der Waals surface area contributed by atoms with Crippen LogP contribution in [0.25, 0.3) is 27.4 Å². The van der Waals surface area contributed by atoms with Gasteiger partial charge >= 0.3 is 0 Å².